The van der Waals surface area contributed by atoms with Gasteiger partial charge in [-0.3, -0.25) is 0 Å². The van der Waals surface area contributed by atoms with Crippen molar-refractivity contribution in [1.82, 2.24) is 9.78 Å². The molecule has 1 heterocycles. The number of nitrogens with one attached hydrogen (secondary N) is 1. The van der Waals surface area contributed by atoms with Gasteiger partial charge in [-0.1, -0.05) is 18.5 Å². The molecular weight excluding hydrogens is 348 g/mol. The van der Waals surface area contributed by atoms with Crippen molar-refractivity contribution in [3.63, 3.8) is 0 Å². The summed E-state index contributed by atoms with van der Waals surface area (Å²) in [5.41, 5.74) is 2.08. The summed E-state index contributed by atoms with van der Waals surface area (Å²) in [6, 6.07) is 6.87. The summed E-state index contributed by atoms with van der Waals surface area (Å²) in [4.78, 5) is 0. The number of benzene rings is 1. The van der Waals surface area contributed by atoms with Gasteiger partial charge in [0, 0.05) is 29.0 Å². The highest BCUT2D eigenvalue weighted by Gasteiger charge is 2.30. The number of aliphatic hydroxyl groups is 1. The lowest BCUT2D eigenvalue weighted by Crippen LogP contribution is -2.33. The van der Waals surface area contributed by atoms with Gasteiger partial charge in [0.1, 0.15) is 0 Å². The summed E-state index contributed by atoms with van der Waals surface area (Å²) < 4.78 is 26.2. The SMILES string of the molecule is CC1(CNc2cc(Cl)ccc2-c2ccn(C(F)F)n2)CCC(O)CC1. The smallest absolute Gasteiger partial charge is 0.333 e. The van der Waals surface area contributed by atoms with Gasteiger partial charge in [0.25, 0.3) is 0 Å². The molecule has 0 saturated heterocycles. The molecule has 1 fully saturated rings. The van der Waals surface area contributed by atoms with Gasteiger partial charge in [-0.25, -0.2) is 4.68 Å². The first-order valence-electron chi connectivity index (χ1n) is 8.41. The fourth-order valence-corrected chi connectivity index (χ4v) is 3.43. The van der Waals surface area contributed by atoms with Crippen molar-refractivity contribution in [2.45, 2.75) is 45.3 Å². The number of halogens is 3. The third kappa shape index (κ3) is 4.30. The summed E-state index contributed by atoms with van der Waals surface area (Å²) in [5.74, 6) is 0. The number of nitrogens with zero attached hydrogens (tertiary/aromatic N) is 2. The first-order valence-corrected chi connectivity index (χ1v) is 8.79. The van der Waals surface area contributed by atoms with Crippen molar-refractivity contribution in [3.05, 3.63) is 35.5 Å². The van der Waals surface area contributed by atoms with Crippen LogP contribution in [0.4, 0.5) is 14.5 Å². The van der Waals surface area contributed by atoms with Crippen LogP contribution in [0.2, 0.25) is 5.02 Å². The Morgan fingerprint density at radius 1 is 1.36 bits per heavy atom. The lowest BCUT2D eigenvalue weighted by Gasteiger charge is -2.36. The minimum absolute atomic E-state index is 0.0845. The molecule has 0 amide bonds. The average molecular weight is 370 g/mol. The van der Waals surface area contributed by atoms with Crippen LogP contribution in [-0.2, 0) is 0 Å². The number of rotatable bonds is 5. The Labute approximate surface area is 150 Å². The van der Waals surface area contributed by atoms with E-state index in [4.69, 9.17) is 11.6 Å². The highest BCUT2D eigenvalue weighted by atomic mass is 35.5. The molecule has 0 aliphatic heterocycles. The molecular formula is C18H22ClF2N3O. The normalized spacial score (nSPS) is 23.8. The van der Waals surface area contributed by atoms with E-state index in [1.807, 2.05) is 0 Å². The van der Waals surface area contributed by atoms with Gasteiger partial charge < -0.3 is 10.4 Å². The molecule has 7 heteroatoms. The van der Waals surface area contributed by atoms with Crippen LogP contribution < -0.4 is 5.32 Å². The van der Waals surface area contributed by atoms with Crippen LogP contribution in [0.1, 0.15) is 39.2 Å². The van der Waals surface area contributed by atoms with Crippen LogP contribution in [0, 0.1) is 5.41 Å². The molecule has 3 rings (SSSR count). The van der Waals surface area contributed by atoms with Crippen molar-refractivity contribution in [1.29, 1.82) is 0 Å². The summed E-state index contributed by atoms with van der Waals surface area (Å²) >= 11 is 6.12. The van der Waals surface area contributed by atoms with E-state index in [1.54, 1.807) is 24.3 Å². The van der Waals surface area contributed by atoms with E-state index in [2.05, 4.69) is 17.3 Å². The second-order valence-electron chi connectivity index (χ2n) is 7.04. The predicted octanol–water partition coefficient (Wildman–Crippen LogP) is 4.95. The van der Waals surface area contributed by atoms with Crippen molar-refractivity contribution in [2.75, 3.05) is 11.9 Å². The lowest BCUT2D eigenvalue weighted by atomic mass is 9.74. The van der Waals surface area contributed by atoms with Gasteiger partial charge in [-0.2, -0.15) is 13.9 Å². The third-order valence-corrected chi connectivity index (χ3v) is 5.17. The van der Waals surface area contributed by atoms with E-state index in [9.17, 15) is 13.9 Å². The van der Waals surface area contributed by atoms with Gasteiger partial charge >= 0.3 is 6.55 Å². The zero-order valence-electron chi connectivity index (χ0n) is 14.1. The van der Waals surface area contributed by atoms with E-state index in [0.717, 1.165) is 43.5 Å². The molecule has 1 aromatic carbocycles. The number of hydrogen-bond donors (Lipinski definition) is 2. The average Bonchev–Trinajstić information content (AvgIpc) is 3.06. The van der Waals surface area contributed by atoms with Crippen LogP contribution in [0.15, 0.2) is 30.5 Å². The molecule has 2 aromatic rings. The van der Waals surface area contributed by atoms with Crippen LogP contribution in [0.25, 0.3) is 11.3 Å². The number of aliphatic hydroxyl groups excluding tert-OH is 1. The largest absolute Gasteiger partial charge is 0.393 e. The predicted molar refractivity (Wildman–Crippen MR) is 95.0 cm³/mol. The highest BCUT2D eigenvalue weighted by Crippen LogP contribution is 2.37. The maximum Gasteiger partial charge on any atom is 0.333 e. The van der Waals surface area contributed by atoms with Crippen molar-refractivity contribution in [3.8, 4) is 11.3 Å². The molecule has 0 radical (unpaired) electrons. The number of hydrogen-bond acceptors (Lipinski definition) is 3. The molecule has 0 spiro atoms. The van der Waals surface area contributed by atoms with Gasteiger partial charge in [0.05, 0.1) is 11.8 Å². The Balaban J connectivity index is 1.79. The monoisotopic (exact) mass is 369 g/mol. The molecule has 0 atom stereocenters. The number of aromatic nitrogens is 2. The Morgan fingerprint density at radius 2 is 2.08 bits per heavy atom. The fraction of sp³-hybridized carbons (Fsp3) is 0.500. The van der Waals surface area contributed by atoms with Gasteiger partial charge in [-0.05, 0) is 55.4 Å². The molecule has 1 aliphatic carbocycles. The van der Waals surface area contributed by atoms with Gasteiger partial charge in [0.2, 0.25) is 0 Å². The van der Waals surface area contributed by atoms with Gasteiger partial charge in [0.15, 0.2) is 0 Å². The number of anilines is 1. The van der Waals surface area contributed by atoms with Crippen LogP contribution in [0.3, 0.4) is 0 Å². The van der Waals surface area contributed by atoms with E-state index in [0.29, 0.717) is 15.4 Å². The molecule has 136 valence electrons. The first-order chi connectivity index (χ1) is 11.9. The Morgan fingerprint density at radius 3 is 2.72 bits per heavy atom. The third-order valence-electron chi connectivity index (χ3n) is 4.93. The van der Waals surface area contributed by atoms with Crippen LogP contribution in [-0.4, -0.2) is 27.5 Å². The minimum Gasteiger partial charge on any atom is -0.393 e. The lowest BCUT2D eigenvalue weighted by molar-refractivity contribution is 0.0568. The van der Waals surface area contributed by atoms with Crippen molar-refractivity contribution < 1.29 is 13.9 Å². The molecule has 0 unspecified atom stereocenters. The fourth-order valence-electron chi connectivity index (χ4n) is 3.26. The summed E-state index contributed by atoms with van der Waals surface area (Å²) in [6.45, 7) is 0.259. The molecule has 1 saturated carbocycles. The Hall–Kier alpha value is -1.66. The maximum atomic E-state index is 12.8. The molecule has 25 heavy (non-hydrogen) atoms. The summed E-state index contributed by atoms with van der Waals surface area (Å²) in [7, 11) is 0. The second kappa shape index (κ2) is 7.30. The van der Waals surface area contributed by atoms with Crippen molar-refractivity contribution >= 4 is 17.3 Å². The standard InChI is InChI=1S/C18H22ClF2N3O/c1-18(7-4-13(25)5-8-18)11-22-16-10-12(19)2-3-14(16)15-6-9-24(23-15)17(20)21/h2-3,6,9-10,13,17,22,25H,4-5,7-8,11H2,1H3. The minimum atomic E-state index is -2.66. The molecule has 4 nitrogen and oxygen atoms in total. The Bertz CT molecular complexity index is 727. The van der Waals surface area contributed by atoms with Crippen LogP contribution in [0.5, 0.6) is 0 Å². The van der Waals surface area contributed by atoms with Crippen LogP contribution >= 0.6 is 11.6 Å². The van der Waals surface area contributed by atoms with E-state index in [1.165, 1.54) is 6.20 Å². The topological polar surface area (TPSA) is 50.1 Å². The zero-order valence-corrected chi connectivity index (χ0v) is 14.8. The summed E-state index contributed by atoms with van der Waals surface area (Å²) in [5, 5.41) is 17.6. The maximum absolute atomic E-state index is 12.8. The molecule has 1 aromatic heterocycles. The quantitative estimate of drug-likeness (QED) is 0.783. The molecule has 2 N–H and O–H groups in total. The molecule has 0 bridgehead atoms. The van der Waals surface area contributed by atoms with Crippen molar-refractivity contribution in [2.24, 2.45) is 5.41 Å². The van der Waals surface area contributed by atoms with E-state index in [-0.39, 0.29) is 11.5 Å². The zero-order chi connectivity index (χ0) is 18.0. The summed E-state index contributed by atoms with van der Waals surface area (Å²) in [6.07, 6.45) is 4.56. The molecule has 1 aliphatic rings. The first kappa shape index (κ1) is 18.1. The van der Waals surface area contributed by atoms with Gasteiger partial charge in [-0.15, -0.1) is 0 Å². The number of alkyl halides is 2. The Kier molecular flexibility index (Phi) is 5.29. The highest BCUT2D eigenvalue weighted by molar-refractivity contribution is 6.31. The van der Waals surface area contributed by atoms with E-state index < -0.39 is 6.55 Å². The van der Waals surface area contributed by atoms with E-state index >= 15 is 0 Å². The second-order valence-corrected chi connectivity index (χ2v) is 7.48.